The van der Waals surface area contributed by atoms with Gasteiger partial charge in [0.15, 0.2) is 5.25 Å². The van der Waals surface area contributed by atoms with Crippen molar-refractivity contribution in [1.82, 2.24) is 4.31 Å². The van der Waals surface area contributed by atoms with E-state index in [9.17, 15) is 13.5 Å². The van der Waals surface area contributed by atoms with Gasteiger partial charge in [-0.2, -0.15) is 5.26 Å². The first-order valence-electron chi connectivity index (χ1n) is 4.96. The second kappa shape index (κ2) is 4.47. The second-order valence-corrected chi connectivity index (χ2v) is 6.26. The Labute approximate surface area is 90.4 Å². The van der Waals surface area contributed by atoms with Gasteiger partial charge in [0.25, 0.3) is 0 Å². The topological polar surface area (TPSA) is 81.4 Å². The lowest BCUT2D eigenvalue weighted by molar-refractivity contribution is 0.0627. The molecule has 6 heteroatoms. The van der Waals surface area contributed by atoms with Crippen LogP contribution in [0.15, 0.2) is 0 Å². The van der Waals surface area contributed by atoms with Gasteiger partial charge in [-0.3, -0.25) is 0 Å². The third-order valence-electron chi connectivity index (χ3n) is 2.81. The molecule has 0 aliphatic carbocycles. The molecule has 3 unspecified atom stereocenters. The molecule has 0 saturated carbocycles. The summed E-state index contributed by atoms with van der Waals surface area (Å²) in [5, 5.41) is 17.1. The highest BCUT2D eigenvalue weighted by atomic mass is 32.2. The third kappa shape index (κ3) is 2.48. The summed E-state index contributed by atoms with van der Waals surface area (Å²) >= 11 is 0. The van der Waals surface area contributed by atoms with Crippen molar-refractivity contribution in [2.45, 2.75) is 31.6 Å². The maximum atomic E-state index is 11.8. The molecule has 0 aromatic carbocycles. The van der Waals surface area contributed by atoms with Gasteiger partial charge in [0.05, 0.1) is 12.2 Å². The normalized spacial score (nSPS) is 30.8. The molecule has 0 spiro atoms. The first kappa shape index (κ1) is 12.4. The quantitative estimate of drug-likeness (QED) is 0.722. The lowest BCUT2D eigenvalue weighted by Gasteiger charge is -2.33. The lowest BCUT2D eigenvalue weighted by Crippen LogP contribution is -2.47. The molecular formula is C9H16N2O3S. The Bertz CT molecular complexity index is 360. The fraction of sp³-hybridized carbons (Fsp3) is 0.889. The van der Waals surface area contributed by atoms with Crippen molar-refractivity contribution >= 4 is 10.0 Å². The zero-order chi connectivity index (χ0) is 11.6. The minimum atomic E-state index is -3.51. The Hall–Kier alpha value is -0.640. The monoisotopic (exact) mass is 232 g/mol. The highest BCUT2D eigenvalue weighted by Crippen LogP contribution is 2.21. The number of hydrogen-bond donors (Lipinski definition) is 1. The molecule has 0 aromatic heterocycles. The number of piperidine rings is 1. The van der Waals surface area contributed by atoms with E-state index < -0.39 is 21.4 Å². The Morgan fingerprint density at radius 3 is 2.67 bits per heavy atom. The predicted octanol–water partition coefficient (Wildman–Crippen LogP) is -0.0690. The molecule has 1 aliphatic heterocycles. The van der Waals surface area contributed by atoms with E-state index in [0.29, 0.717) is 19.5 Å². The van der Waals surface area contributed by atoms with Gasteiger partial charge in [-0.25, -0.2) is 12.7 Å². The third-order valence-corrected chi connectivity index (χ3v) is 4.86. The van der Waals surface area contributed by atoms with E-state index in [0.717, 1.165) is 0 Å². The number of aliphatic hydroxyl groups excluding tert-OH is 1. The number of nitriles is 1. The van der Waals surface area contributed by atoms with Gasteiger partial charge in [0, 0.05) is 13.1 Å². The Balaban J connectivity index is 2.79. The molecule has 5 nitrogen and oxygen atoms in total. The molecule has 3 atom stereocenters. The van der Waals surface area contributed by atoms with Crippen molar-refractivity contribution in [3.63, 3.8) is 0 Å². The van der Waals surface area contributed by atoms with Gasteiger partial charge in [-0.15, -0.1) is 0 Å². The highest BCUT2D eigenvalue weighted by molar-refractivity contribution is 7.89. The molecule has 1 heterocycles. The van der Waals surface area contributed by atoms with E-state index in [1.807, 2.05) is 6.92 Å². The van der Waals surface area contributed by atoms with Crippen LogP contribution >= 0.6 is 0 Å². The maximum Gasteiger partial charge on any atom is 0.230 e. The Morgan fingerprint density at radius 2 is 2.20 bits per heavy atom. The van der Waals surface area contributed by atoms with Crippen LogP contribution in [-0.2, 0) is 10.0 Å². The van der Waals surface area contributed by atoms with Crippen molar-refractivity contribution in [3.05, 3.63) is 0 Å². The predicted molar refractivity (Wildman–Crippen MR) is 55.4 cm³/mol. The minimum absolute atomic E-state index is 0.0700. The average molecular weight is 232 g/mol. The van der Waals surface area contributed by atoms with Crippen LogP contribution in [0.1, 0.15) is 20.3 Å². The summed E-state index contributed by atoms with van der Waals surface area (Å²) in [6.07, 6.45) is 0.00674. The number of aliphatic hydroxyl groups is 1. The molecule has 1 aliphatic rings. The summed E-state index contributed by atoms with van der Waals surface area (Å²) in [5.74, 6) is -0.0700. The van der Waals surface area contributed by atoms with Crippen LogP contribution in [0.2, 0.25) is 0 Å². The van der Waals surface area contributed by atoms with Crippen molar-refractivity contribution in [2.24, 2.45) is 5.92 Å². The molecular weight excluding hydrogens is 216 g/mol. The van der Waals surface area contributed by atoms with E-state index >= 15 is 0 Å². The molecule has 0 amide bonds. The second-order valence-electron chi connectivity index (χ2n) is 4.01. The van der Waals surface area contributed by atoms with Crippen LogP contribution in [0.4, 0.5) is 0 Å². The lowest BCUT2D eigenvalue weighted by atomic mass is 9.99. The van der Waals surface area contributed by atoms with Crippen LogP contribution in [0.5, 0.6) is 0 Å². The standard InChI is InChI=1S/C9H16N2O3S/c1-7-6-11(4-3-9(7)12)15(13,14)8(2)5-10/h7-9,12H,3-4,6H2,1-2H3. The van der Waals surface area contributed by atoms with Gasteiger partial charge < -0.3 is 5.11 Å². The van der Waals surface area contributed by atoms with Gasteiger partial charge in [0.2, 0.25) is 10.0 Å². The largest absolute Gasteiger partial charge is 0.393 e. The van der Waals surface area contributed by atoms with E-state index in [-0.39, 0.29) is 5.92 Å². The van der Waals surface area contributed by atoms with Crippen LogP contribution in [0.3, 0.4) is 0 Å². The van der Waals surface area contributed by atoms with Gasteiger partial charge in [-0.1, -0.05) is 6.92 Å². The Kier molecular flexibility index (Phi) is 3.71. The van der Waals surface area contributed by atoms with Gasteiger partial charge >= 0.3 is 0 Å². The number of sulfonamides is 1. The molecule has 1 N–H and O–H groups in total. The van der Waals surface area contributed by atoms with Crippen molar-refractivity contribution in [1.29, 1.82) is 5.26 Å². The summed E-state index contributed by atoms with van der Waals surface area (Å²) in [6.45, 7) is 3.80. The number of nitrogens with zero attached hydrogens (tertiary/aromatic N) is 2. The number of hydrogen-bond acceptors (Lipinski definition) is 4. The molecule has 86 valence electrons. The molecule has 0 bridgehead atoms. The summed E-state index contributed by atoms with van der Waals surface area (Å²) < 4.78 is 24.9. The van der Waals surface area contributed by atoms with E-state index in [4.69, 9.17) is 5.26 Å². The van der Waals surface area contributed by atoms with Crippen molar-refractivity contribution < 1.29 is 13.5 Å². The van der Waals surface area contributed by atoms with Crippen LogP contribution in [-0.4, -0.2) is 42.3 Å². The van der Waals surface area contributed by atoms with Crippen molar-refractivity contribution in [2.75, 3.05) is 13.1 Å². The molecule has 1 rings (SSSR count). The first-order chi connectivity index (χ1) is 6.89. The molecule has 0 radical (unpaired) electrons. The average Bonchev–Trinajstić information content (AvgIpc) is 2.20. The smallest absolute Gasteiger partial charge is 0.230 e. The summed E-state index contributed by atoms with van der Waals surface area (Å²) in [5.41, 5.74) is 0. The molecule has 0 aromatic rings. The van der Waals surface area contributed by atoms with Gasteiger partial charge in [-0.05, 0) is 19.3 Å². The zero-order valence-corrected chi connectivity index (χ0v) is 9.74. The molecule has 1 saturated heterocycles. The fourth-order valence-electron chi connectivity index (χ4n) is 1.62. The highest BCUT2D eigenvalue weighted by Gasteiger charge is 2.34. The summed E-state index contributed by atoms with van der Waals surface area (Å²) in [4.78, 5) is 0. The molecule has 15 heavy (non-hydrogen) atoms. The molecule has 1 fully saturated rings. The van der Waals surface area contributed by atoms with Crippen LogP contribution in [0, 0.1) is 17.2 Å². The van der Waals surface area contributed by atoms with Crippen molar-refractivity contribution in [3.8, 4) is 6.07 Å². The zero-order valence-electron chi connectivity index (χ0n) is 8.92. The minimum Gasteiger partial charge on any atom is -0.393 e. The Morgan fingerprint density at radius 1 is 1.60 bits per heavy atom. The number of rotatable bonds is 2. The van der Waals surface area contributed by atoms with E-state index in [1.54, 1.807) is 6.07 Å². The summed E-state index contributed by atoms with van der Waals surface area (Å²) in [7, 11) is -3.51. The van der Waals surface area contributed by atoms with Crippen LogP contribution in [0.25, 0.3) is 0 Å². The van der Waals surface area contributed by atoms with Gasteiger partial charge in [0.1, 0.15) is 0 Å². The fourth-order valence-corrected chi connectivity index (χ4v) is 3.00. The first-order valence-corrected chi connectivity index (χ1v) is 6.46. The summed E-state index contributed by atoms with van der Waals surface area (Å²) in [6, 6.07) is 1.74. The maximum absolute atomic E-state index is 11.8. The van der Waals surface area contributed by atoms with E-state index in [2.05, 4.69) is 0 Å². The van der Waals surface area contributed by atoms with E-state index in [1.165, 1.54) is 11.2 Å². The van der Waals surface area contributed by atoms with Crippen LogP contribution < -0.4 is 0 Å². The SMILES string of the molecule is CC1CN(S(=O)(=O)C(C)C#N)CCC1O.